The highest BCUT2D eigenvalue weighted by molar-refractivity contribution is 6.19. The van der Waals surface area contributed by atoms with Gasteiger partial charge in [-0.25, -0.2) is 9.59 Å². The standard InChI is InChI=1S/C18H17NO5/c1-22-17(20)14-11-7-10-13(15(14)18(21)23-2)16(19-24-3)12-8-5-4-6-9-12/h4-11H,1-3H3/b19-16+. The zero-order valence-electron chi connectivity index (χ0n) is 13.6. The molecule has 0 aliphatic heterocycles. The van der Waals surface area contributed by atoms with Crippen LogP contribution >= 0.6 is 0 Å². The van der Waals surface area contributed by atoms with Gasteiger partial charge in [0.2, 0.25) is 0 Å². The maximum atomic E-state index is 12.3. The van der Waals surface area contributed by atoms with E-state index in [0.717, 1.165) is 5.56 Å². The molecule has 0 amide bonds. The van der Waals surface area contributed by atoms with Crippen LogP contribution in [0.4, 0.5) is 0 Å². The maximum Gasteiger partial charge on any atom is 0.339 e. The molecule has 6 nitrogen and oxygen atoms in total. The number of ether oxygens (including phenoxy) is 2. The molecule has 0 saturated carbocycles. The average Bonchev–Trinajstić information content (AvgIpc) is 2.65. The van der Waals surface area contributed by atoms with Crippen molar-refractivity contribution in [3.05, 3.63) is 70.8 Å². The van der Waals surface area contributed by atoms with Crippen LogP contribution in [0.3, 0.4) is 0 Å². The van der Waals surface area contributed by atoms with E-state index in [0.29, 0.717) is 11.3 Å². The summed E-state index contributed by atoms with van der Waals surface area (Å²) < 4.78 is 9.59. The number of carbonyl (C=O) groups is 2. The molecule has 24 heavy (non-hydrogen) atoms. The smallest absolute Gasteiger partial charge is 0.339 e. The predicted molar refractivity (Wildman–Crippen MR) is 88.2 cm³/mol. The molecule has 0 fully saturated rings. The predicted octanol–water partition coefficient (Wildman–Crippen LogP) is 2.66. The Morgan fingerprint density at radius 1 is 0.792 bits per heavy atom. The fourth-order valence-electron chi connectivity index (χ4n) is 2.30. The van der Waals surface area contributed by atoms with Crippen molar-refractivity contribution >= 4 is 17.7 Å². The molecule has 0 aliphatic rings. The van der Waals surface area contributed by atoms with Crippen molar-refractivity contribution in [2.24, 2.45) is 5.16 Å². The van der Waals surface area contributed by atoms with Gasteiger partial charge in [0.1, 0.15) is 12.8 Å². The average molecular weight is 327 g/mol. The minimum absolute atomic E-state index is 0.0755. The minimum Gasteiger partial charge on any atom is -0.465 e. The Morgan fingerprint density at radius 2 is 1.42 bits per heavy atom. The summed E-state index contributed by atoms with van der Waals surface area (Å²) in [6.07, 6.45) is 0. The summed E-state index contributed by atoms with van der Waals surface area (Å²) in [5.74, 6) is -1.30. The number of hydrogen-bond acceptors (Lipinski definition) is 6. The van der Waals surface area contributed by atoms with E-state index in [1.807, 2.05) is 30.3 Å². The number of hydrogen-bond donors (Lipinski definition) is 0. The van der Waals surface area contributed by atoms with Crippen LogP contribution in [0.1, 0.15) is 31.8 Å². The molecule has 0 atom stereocenters. The van der Waals surface area contributed by atoms with E-state index in [4.69, 9.17) is 14.3 Å². The lowest BCUT2D eigenvalue weighted by Gasteiger charge is -2.13. The number of rotatable bonds is 5. The van der Waals surface area contributed by atoms with Gasteiger partial charge in [0.05, 0.1) is 25.3 Å². The van der Waals surface area contributed by atoms with Crippen molar-refractivity contribution in [2.45, 2.75) is 0 Å². The van der Waals surface area contributed by atoms with E-state index < -0.39 is 11.9 Å². The number of oxime groups is 1. The van der Waals surface area contributed by atoms with E-state index in [2.05, 4.69) is 5.16 Å². The molecule has 0 heterocycles. The van der Waals surface area contributed by atoms with E-state index in [1.165, 1.54) is 27.4 Å². The molecule has 0 saturated heterocycles. The number of carbonyl (C=O) groups excluding carboxylic acids is 2. The van der Waals surface area contributed by atoms with Gasteiger partial charge in [0, 0.05) is 11.1 Å². The molecule has 0 bridgehead atoms. The summed E-state index contributed by atoms with van der Waals surface area (Å²) in [6, 6.07) is 14.0. The molecule has 0 spiro atoms. The second-order valence-electron chi connectivity index (χ2n) is 4.70. The SMILES string of the molecule is CO/N=C(\c1ccccc1)c1cccc(C(=O)OC)c1C(=O)OC. The van der Waals surface area contributed by atoms with Gasteiger partial charge in [0.25, 0.3) is 0 Å². The van der Waals surface area contributed by atoms with Crippen LogP contribution in [-0.2, 0) is 14.3 Å². The number of esters is 2. The van der Waals surface area contributed by atoms with Crippen LogP contribution in [0.25, 0.3) is 0 Å². The Labute approximate surface area is 139 Å². The first-order valence-corrected chi connectivity index (χ1v) is 7.10. The molecular weight excluding hydrogens is 310 g/mol. The summed E-state index contributed by atoms with van der Waals surface area (Å²) in [4.78, 5) is 29.2. The highest BCUT2D eigenvalue weighted by Crippen LogP contribution is 2.21. The van der Waals surface area contributed by atoms with Crippen LogP contribution in [-0.4, -0.2) is 39.0 Å². The van der Waals surface area contributed by atoms with Gasteiger partial charge in [-0.1, -0.05) is 47.6 Å². The molecule has 2 aromatic rings. The Balaban J connectivity index is 2.74. The van der Waals surface area contributed by atoms with Crippen molar-refractivity contribution in [2.75, 3.05) is 21.3 Å². The number of nitrogens with zero attached hydrogens (tertiary/aromatic N) is 1. The molecule has 0 aliphatic carbocycles. The zero-order valence-corrected chi connectivity index (χ0v) is 13.6. The summed E-state index contributed by atoms with van der Waals surface area (Å²) in [6.45, 7) is 0. The third-order valence-corrected chi connectivity index (χ3v) is 3.34. The highest BCUT2D eigenvalue weighted by Gasteiger charge is 2.25. The molecule has 0 unspecified atom stereocenters. The Bertz CT molecular complexity index is 768. The zero-order chi connectivity index (χ0) is 17.5. The number of methoxy groups -OCH3 is 2. The van der Waals surface area contributed by atoms with Gasteiger partial charge < -0.3 is 14.3 Å². The largest absolute Gasteiger partial charge is 0.465 e. The Kier molecular flexibility index (Phi) is 5.68. The third kappa shape index (κ3) is 3.43. The van der Waals surface area contributed by atoms with Gasteiger partial charge in [-0.3, -0.25) is 0 Å². The van der Waals surface area contributed by atoms with E-state index >= 15 is 0 Å². The first kappa shape index (κ1) is 17.2. The summed E-state index contributed by atoms with van der Waals surface area (Å²) in [7, 11) is 3.90. The topological polar surface area (TPSA) is 74.2 Å². The fraction of sp³-hybridized carbons (Fsp3) is 0.167. The second-order valence-corrected chi connectivity index (χ2v) is 4.70. The lowest BCUT2D eigenvalue weighted by atomic mass is 9.94. The van der Waals surface area contributed by atoms with Gasteiger partial charge >= 0.3 is 11.9 Å². The lowest BCUT2D eigenvalue weighted by molar-refractivity contribution is 0.0555. The molecule has 0 N–H and O–H groups in total. The normalized spacial score (nSPS) is 10.9. The Morgan fingerprint density at radius 3 is 2.00 bits per heavy atom. The number of benzene rings is 2. The van der Waals surface area contributed by atoms with Crippen LogP contribution in [0.15, 0.2) is 53.7 Å². The van der Waals surface area contributed by atoms with Gasteiger partial charge in [-0.05, 0) is 6.07 Å². The first-order valence-electron chi connectivity index (χ1n) is 7.10. The van der Waals surface area contributed by atoms with E-state index in [1.54, 1.807) is 12.1 Å². The van der Waals surface area contributed by atoms with Crippen molar-refractivity contribution < 1.29 is 23.9 Å². The monoisotopic (exact) mass is 327 g/mol. The van der Waals surface area contributed by atoms with Crippen LogP contribution in [0, 0.1) is 0 Å². The fourth-order valence-corrected chi connectivity index (χ4v) is 2.30. The molecule has 0 radical (unpaired) electrons. The van der Waals surface area contributed by atoms with Gasteiger partial charge in [-0.2, -0.15) is 0 Å². The minimum atomic E-state index is -0.661. The molecule has 124 valence electrons. The van der Waals surface area contributed by atoms with Crippen molar-refractivity contribution in [1.82, 2.24) is 0 Å². The maximum absolute atomic E-state index is 12.3. The highest BCUT2D eigenvalue weighted by atomic mass is 16.6. The molecule has 2 rings (SSSR count). The Hall–Kier alpha value is -3.15. The van der Waals surface area contributed by atoms with Gasteiger partial charge in [0.15, 0.2) is 0 Å². The molecule has 2 aromatic carbocycles. The van der Waals surface area contributed by atoms with Crippen LogP contribution in [0.2, 0.25) is 0 Å². The summed E-state index contributed by atoms with van der Waals surface area (Å²) >= 11 is 0. The first-order chi connectivity index (χ1) is 11.6. The second kappa shape index (κ2) is 7.92. The van der Waals surface area contributed by atoms with Crippen LogP contribution in [0.5, 0.6) is 0 Å². The molecular formula is C18H17NO5. The third-order valence-electron chi connectivity index (χ3n) is 3.34. The van der Waals surface area contributed by atoms with Crippen molar-refractivity contribution in [3.63, 3.8) is 0 Å². The summed E-state index contributed by atoms with van der Waals surface area (Å²) in [5.41, 5.74) is 1.72. The van der Waals surface area contributed by atoms with Crippen molar-refractivity contribution in [1.29, 1.82) is 0 Å². The molecule has 6 heteroatoms. The van der Waals surface area contributed by atoms with Gasteiger partial charge in [-0.15, -0.1) is 0 Å². The van der Waals surface area contributed by atoms with Crippen LogP contribution < -0.4 is 0 Å². The van der Waals surface area contributed by atoms with E-state index in [9.17, 15) is 9.59 Å². The molecule has 0 aromatic heterocycles. The quantitative estimate of drug-likeness (QED) is 0.479. The van der Waals surface area contributed by atoms with Crippen molar-refractivity contribution in [3.8, 4) is 0 Å². The lowest BCUT2D eigenvalue weighted by Crippen LogP contribution is -2.18. The summed E-state index contributed by atoms with van der Waals surface area (Å²) in [5, 5.41) is 4.03. The van der Waals surface area contributed by atoms with E-state index in [-0.39, 0.29) is 11.1 Å².